The summed E-state index contributed by atoms with van der Waals surface area (Å²) in [7, 11) is 0. The molecule has 1 fully saturated rings. The molecule has 1 aliphatic heterocycles. The van der Waals surface area contributed by atoms with Crippen molar-refractivity contribution in [2.75, 3.05) is 32.9 Å². The van der Waals surface area contributed by atoms with E-state index in [1.807, 2.05) is 30.3 Å². The van der Waals surface area contributed by atoms with Crippen molar-refractivity contribution in [1.29, 1.82) is 0 Å². The molecule has 110 valence electrons. The molecule has 0 bridgehead atoms. The average Bonchev–Trinajstić information content (AvgIpc) is 2.53. The lowest BCUT2D eigenvalue weighted by Crippen LogP contribution is -2.49. The van der Waals surface area contributed by atoms with Gasteiger partial charge in [0.05, 0.1) is 12.0 Å². The maximum Gasteiger partial charge on any atom is 0.227 e. The molecule has 2 rings (SSSR count). The van der Waals surface area contributed by atoms with Gasteiger partial charge in [-0.1, -0.05) is 18.2 Å². The van der Waals surface area contributed by atoms with E-state index in [9.17, 15) is 4.79 Å². The zero-order chi connectivity index (χ0) is 14.3. The molecule has 0 spiro atoms. The Morgan fingerprint density at radius 2 is 2.00 bits per heavy atom. The third-order valence-electron chi connectivity index (χ3n) is 3.72. The molecule has 0 unspecified atom stereocenters. The number of rotatable bonds is 6. The zero-order valence-electron chi connectivity index (χ0n) is 11.6. The number of benzene rings is 1. The molecule has 1 aliphatic rings. The number of nitrogens with one attached hydrogen (secondary N) is 1. The zero-order valence-corrected chi connectivity index (χ0v) is 11.6. The highest BCUT2D eigenvalue weighted by Gasteiger charge is 2.38. The van der Waals surface area contributed by atoms with Gasteiger partial charge in [0.1, 0.15) is 12.4 Å². The monoisotopic (exact) mass is 278 g/mol. The Morgan fingerprint density at radius 1 is 1.30 bits per heavy atom. The van der Waals surface area contributed by atoms with Crippen LogP contribution in [0.25, 0.3) is 0 Å². The maximum absolute atomic E-state index is 12.3. The van der Waals surface area contributed by atoms with E-state index in [0.29, 0.717) is 45.8 Å². The molecule has 1 amide bonds. The lowest BCUT2D eigenvalue weighted by Gasteiger charge is -2.34. The fraction of sp³-hybridized carbons (Fsp3) is 0.533. The van der Waals surface area contributed by atoms with E-state index >= 15 is 0 Å². The first kappa shape index (κ1) is 14.8. The second kappa shape index (κ2) is 7.26. The van der Waals surface area contributed by atoms with Gasteiger partial charge in [-0.05, 0) is 25.0 Å². The van der Waals surface area contributed by atoms with Gasteiger partial charge in [0.15, 0.2) is 0 Å². The van der Waals surface area contributed by atoms with Crippen molar-refractivity contribution >= 4 is 5.91 Å². The standard InChI is InChI=1S/C15H22N2O3/c16-12-15(6-9-19-10-7-15)14(18)17-8-11-20-13-4-2-1-3-5-13/h1-5H,6-12,16H2,(H,17,18). The first-order valence-corrected chi connectivity index (χ1v) is 7.01. The predicted molar refractivity (Wildman–Crippen MR) is 76.5 cm³/mol. The molecule has 1 aromatic rings. The Balaban J connectivity index is 1.74. The van der Waals surface area contributed by atoms with Crippen molar-refractivity contribution < 1.29 is 14.3 Å². The Labute approximate surface area is 119 Å². The van der Waals surface area contributed by atoms with Crippen molar-refractivity contribution in [3.63, 3.8) is 0 Å². The summed E-state index contributed by atoms with van der Waals surface area (Å²) < 4.78 is 10.8. The van der Waals surface area contributed by atoms with Gasteiger partial charge in [-0.25, -0.2) is 0 Å². The highest BCUT2D eigenvalue weighted by Crippen LogP contribution is 2.29. The Morgan fingerprint density at radius 3 is 2.65 bits per heavy atom. The summed E-state index contributed by atoms with van der Waals surface area (Å²) in [6, 6.07) is 9.55. The number of hydrogen-bond acceptors (Lipinski definition) is 4. The molecule has 3 N–H and O–H groups in total. The van der Waals surface area contributed by atoms with Gasteiger partial charge in [0.2, 0.25) is 5.91 Å². The molecule has 1 heterocycles. The van der Waals surface area contributed by atoms with E-state index in [1.165, 1.54) is 0 Å². The molecule has 1 aromatic carbocycles. The largest absolute Gasteiger partial charge is 0.492 e. The number of nitrogens with two attached hydrogens (primary N) is 1. The number of carbonyl (C=O) groups excluding carboxylic acids is 1. The molecule has 1 saturated heterocycles. The number of para-hydroxylation sites is 1. The second-order valence-electron chi connectivity index (χ2n) is 5.01. The minimum Gasteiger partial charge on any atom is -0.492 e. The SMILES string of the molecule is NCC1(C(=O)NCCOc2ccccc2)CCOCC1. The summed E-state index contributed by atoms with van der Waals surface area (Å²) in [5.74, 6) is 0.821. The van der Waals surface area contributed by atoms with Crippen molar-refractivity contribution in [2.45, 2.75) is 12.8 Å². The van der Waals surface area contributed by atoms with Crippen molar-refractivity contribution in [3.05, 3.63) is 30.3 Å². The highest BCUT2D eigenvalue weighted by atomic mass is 16.5. The van der Waals surface area contributed by atoms with Gasteiger partial charge >= 0.3 is 0 Å². The van der Waals surface area contributed by atoms with E-state index in [4.69, 9.17) is 15.2 Å². The van der Waals surface area contributed by atoms with Crippen LogP contribution in [0.3, 0.4) is 0 Å². The molecule has 0 aromatic heterocycles. The van der Waals surface area contributed by atoms with Crippen LogP contribution in [0.4, 0.5) is 0 Å². The van der Waals surface area contributed by atoms with Crippen molar-refractivity contribution in [2.24, 2.45) is 11.1 Å². The van der Waals surface area contributed by atoms with Crippen molar-refractivity contribution in [3.8, 4) is 5.75 Å². The lowest BCUT2D eigenvalue weighted by atomic mass is 9.79. The first-order valence-electron chi connectivity index (χ1n) is 7.01. The number of hydrogen-bond donors (Lipinski definition) is 2. The van der Waals surface area contributed by atoms with Crippen LogP contribution in [0.15, 0.2) is 30.3 Å². The molecule has 0 aliphatic carbocycles. The molecular weight excluding hydrogens is 256 g/mol. The van der Waals surface area contributed by atoms with E-state index in [0.717, 1.165) is 5.75 Å². The van der Waals surface area contributed by atoms with Crippen LogP contribution in [0.1, 0.15) is 12.8 Å². The van der Waals surface area contributed by atoms with Crippen LogP contribution in [-0.4, -0.2) is 38.8 Å². The van der Waals surface area contributed by atoms with Crippen LogP contribution in [0.5, 0.6) is 5.75 Å². The van der Waals surface area contributed by atoms with Gasteiger partial charge in [0, 0.05) is 19.8 Å². The quantitative estimate of drug-likeness (QED) is 0.759. The third kappa shape index (κ3) is 3.71. The summed E-state index contributed by atoms with van der Waals surface area (Å²) in [5.41, 5.74) is 5.32. The smallest absolute Gasteiger partial charge is 0.227 e. The van der Waals surface area contributed by atoms with Gasteiger partial charge < -0.3 is 20.5 Å². The summed E-state index contributed by atoms with van der Waals surface area (Å²) in [6.45, 7) is 2.50. The minimum absolute atomic E-state index is 0.0139. The predicted octanol–water partition coefficient (Wildman–Crippen LogP) is 0.937. The van der Waals surface area contributed by atoms with Gasteiger partial charge in [-0.15, -0.1) is 0 Å². The third-order valence-corrected chi connectivity index (χ3v) is 3.72. The number of carbonyl (C=O) groups is 1. The fourth-order valence-corrected chi connectivity index (χ4v) is 2.32. The Kier molecular flexibility index (Phi) is 5.38. The van der Waals surface area contributed by atoms with Gasteiger partial charge in [0.25, 0.3) is 0 Å². The number of ether oxygens (including phenoxy) is 2. The lowest BCUT2D eigenvalue weighted by molar-refractivity contribution is -0.136. The van der Waals surface area contributed by atoms with Crippen LogP contribution < -0.4 is 15.8 Å². The Hall–Kier alpha value is -1.59. The fourth-order valence-electron chi connectivity index (χ4n) is 2.32. The average molecular weight is 278 g/mol. The van der Waals surface area contributed by atoms with Crippen LogP contribution in [-0.2, 0) is 9.53 Å². The van der Waals surface area contributed by atoms with Gasteiger partial charge in [-0.2, -0.15) is 0 Å². The van der Waals surface area contributed by atoms with E-state index in [-0.39, 0.29) is 5.91 Å². The molecule has 0 radical (unpaired) electrons. The molecule has 5 nitrogen and oxygen atoms in total. The Bertz CT molecular complexity index is 416. The highest BCUT2D eigenvalue weighted by molar-refractivity contribution is 5.83. The van der Waals surface area contributed by atoms with Crippen LogP contribution in [0.2, 0.25) is 0 Å². The van der Waals surface area contributed by atoms with E-state index < -0.39 is 5.41 Å². The molecular formula is C15H22N2O3. The number of amides is 1. The summed E-state index contributed by atoms with van der Waals surface area (Å²) in [6.07, 6.45) is 1.38. The summed E-state index contributed by atoms with van der Waals surface area (Å²) in [4.78, 5) is 12.3. The van der Waals surface area contributed by atoms with Crippen LogP contribution >= 0.6 is 0 Å². The second-order valence-corrected chi connectivity index (χ2v) is 5.01. The van der Waals surface area contributed by atoms with E-state index in [2.05, 4.69) is 5.32 Å². The van der Waals surface area contributed by atoms with Crippen molar-refractivity contribution in [1.82, 2.24) is 5.32 Å². The summed E-state index contributed by atoms with van der Waals surface area (Å²) >= 11 is 0. The summed E-state index contributed by atoms with van der Waals surface area (Å²) in [5, 5.41) is 2.91. The maximum atomic E-state index is 12.3. The molecule has 0 saturated carbocycles. The molecule has 5 heteroatoms. The van der Waals surface area contributed by atoms with Gasteiger partial charge in [-0.3, -0.25) is 4.79 Å². The molecule has 20 heavy (non-hydrogen) atoms. The first-order chi connectivity index (χ1) is 9.77. The molecule has 0 atom stereocenters. The van der Waals surface area contributed by atoms with Crippen LogP contribution in [0, 0.1) is 5.41 Å². The minimum atomic E-state index is -0.467. The van der Waals surface area contributed by atoms with E-state index in [1.54, 1.807) is 0 Å². The normalized spacial score (nSPS) is 17.4. The topological polar surface area (TPSA) is 73.6 Å².